The molecule has 6 unspecified atom stereocenters. The van der Waals surface area contributed by atoms with Gasteiger partial charge in [0, 0.05) is 52.0 Å². The second kappa shape index (κ2) is 77.3. The summed E-state index contributed by atoms with van der Waals surface area (Å²) in [7, 11) is -10.1. The zero-order valence-electron chi connectivity index (χ0n) is 67.5. The van der Waals surface area contributed by atoms with Crippen LogP contribution in [0.1, 0.15) is 337 Å². The van der Waals surface area contributed by atoms with Crippen molar-refractivity contribution in [1.82, 2.24) is 21.3 Å². The van der Waals surface area contributed by atoms with Gasteiger partial charge in [-0.05, 0) is 103 Å². The molecule has 0 aromatic heterocycles. The Balaban J connectivity index is -0.0000530. The van der Waals surface area contributed by atoms with E-state index in [-0.39, 0.29) is 149 Å². The fourth-order valence-electron chi connectivity index (χ4n) is 11.4. The maximum Gasteiger partial charge on any atom is 1.00 e. The number of carbonyl (C=O) groups excluding carboxylic acids is 6. The quantitative estimate of drug-likeness (QED) is 0.0109. The Morgan fingerprint density at radius 2 is 0.660 bits per heavy atom. The van der Waals surface area contributed by atoms with Crippen LogP contribution in [0.5, 0.6) is 0 Å². The minimum Gasteiger partial charge on any atom is -0.756 e. The van der Waals surface area contributed by atoms with E-state index in [2.05, 4.69) is 87.1 Å². The molecule has 0 heterocycles. The summed E-state index contributed by atoms with van der Waals surface area (Å²) in [6.07, 6.45) is 42.5. The van der Waals surface area contributed by atoms with E-state index in [9.17, 15) is 57.9 Å². The van der Waals surface area contributed by atoms with Gasteiger partial charge in [0.2, 0.25) is 23.6 Å². The number of hydrogen-bond donors (Lipinski definition) is 6. The number of aliphatic hydroxyl groups is 2. The van der Waals surface area contributed by atoms with E-state index in [0.717, 1.165) is 167 Å². The number of esters is 2. The molecule has 0 saturated heterocycles. The Labute approximate surface area is 685 Å². The van der Waals surface area contributed by atoms with Gasteiger partial charge in [0.25, 0.3) is 15.6 Å². The van der Waals surface area contributed by atoms with Gasteiger partial charge in [-0.2, -0.15) is 0 Å². The number of ether oxygens (including phenoxy) is 4. The van der Waals surface area contributed by atoms with Gasteiger partial charge in [-0.15, -0.1) is 0 Å². The van der Waals surface area contributed by atoms with Gasteiger partial charge in [0.15, 0.2) is 0 Å². The molecule has 0 radical (unpaired) electrons. The smallest absolute Gasteiger partial charge is 0.756 e. The largest absolute Gasteiger partial charge is 1.00 e. The third kappa shape index (κ3) is 73.8. The van der Waals surface area contributed by atoms with Crippen molar-refractivity contribution in [2.75, 3.05) is 65.9 Å². The summed E-state index contributed by atoms with van der Waals surface area (Å²) in [6.45, 7) is 10.0. The SMILES string of the molecule is CCCCCC/C=C\CCCC(=O)O[C@H](CCCCCCC)CC(=O)NC(COCCC(O)CCCCCCC)COP(=O)([O-])OCCNC(=O)CCC(=O)NCCOP(=O)([O-])OCC(COCCC(O)CCCCCCC)NC(=O)C[C@@H](CCCCCCC)OC(=O)CCC/C=C\CCCCCC.[Na+].[Na+]. The number of allylic oxidation sites excluding steroid dienone is 4. The van der Waals surface area contributed by atoms with Crippen LogP contribution in [0.4, 0.5) is 0 Å². The van der Waals surface area contributed by atoms with Crippen molar-refractivity contribution < 1.29 is 154 Å². The van der Waals surface area contributed by atoms with E-state index in [0.29, 0.717) is 51.4 Å². The minimum absolute atomic E-state index is 0. The van der Waals surface area contributed by atoms with Crippen LogP contribution in [0.3, 0.4) is 0 Å². The van der Waals surface area contributed by atoms with Gasteiger partial charge in [-0.3, -0.25) is 37.9 Å². The predicted octanol–water partition coefficient (Wildman–Crippen LogP) is 8.95. The fraction of sp³-hybridized carbons (Fsp3) is 0.872. The molecule has 0 saturated carbocycles. The van der Waals surface area contributed by atoms with Gasteiger partial charge >= 0.3 is 71.1 Å². The minimum atomic E-state index is -5.03. The maximum atomic E-state index is 13.6. The van der Waals surface area contributed by atoms with Crippen molar-refractivity contribution in [2.24, 2.45) is 0 Å². The molecule has 106 heavy (non-hydrogen) atoms. The molecule has 0 aromatic rings. The summed E-state index contributed by atoms with van der Waals surface area (Å²) in [6, 6.07) is -1.97. The van der Waals surface area contributed by atoms with Crippen LogP contribution < -0.4 is 90.2 Å². The molecular formula is C78H146N4Na2O20P2. The van der Waals surface area contributed by atoms with Crippen LogP contribution in [-0.4, -0.2) is 148 Å². The Bertz CT molecular complexity index is 2130. The third-order valence-corrected chi connectivity index (χ3v) is 19.5. The number of carbonyl (C=O) groups is 6. The van der Waals surface area contributed by atoms with E-state index in [4.69, 9.17) is 37.0 Å². The van der Waals surface area contributed by atoms with Crippen LogP contribution >= 0.6 is 15.6 Å². The first-order valence-electron chi connectivity index (χ1n) is 40.7. The Kier molecular flexibility index (Phi) is 79.1. The van der Waals surface area contributed by atoms with Crippen LogP contribution in [0.25, 0.3) is 0 Å². The van der Waals surface area contributed by atoms with Crippen molar-refractivity contribution in [2.45, 2.75) is 373 Å². The Hall–Kier alpha value is -1.64. The van der Waals surface area contributed by atoms with Gasteiger partial charge in [-0.25, -0.2) is 0 Å². The summed E-state index contributed by atoms with van der Waals surface area (Å²) in [5.74, 6) is -3.02. The van der Waals surface area contributed by atoms with Gasteiger partial charge in [-0.1, -0.05) is 220 Å². The van der Waals surface area contributed by atoms with Gasteiger partial charge in [0.05, 0.1) is 76.8 Å². The van der Waals surface area contributed by atoms with E-state index in [1.54, 1.807) is 0 Å². The summed E-state index contributed by atoms with van der Waals surface area (Å²) >= 11 is 0. The van der Waals surface area contributed by atoms with Crippen molar-refractivity contribution in [3.8, 4) is 0 Å². The zero-order valence-corrected chi connectivity index (χ0v) is 73.3. The third-order valence-electron chi connectivity index (χ3n) is 17.6. The van der Waals surface area contributed by atoms with E-state index in [1.165, 1.54) is 38.5 Å². The van der Waals surface area contributed by atoms with Crippen LogP contribution in [-0.2, 0) is 74.9 Å². The number of phosphoric acid groups is 2. The number of nitrogens with one attached hydrogen (secondary N) is 4. The summed E-state index contributed by atoms with van der Waals surface area (Å²) in [4.78, 5) is 105. The fourth-order valence-corrected chi connectivity index (χ4v) is 12.9. The standard InChI is InChI=1S/C78H148N4O20P2.2Na/c1-7-13-19-25-27-29-31-37-43-49-77(89)101-71(47-41-35-23-17-11-5)61-75(87)81-67(63-95-57-53-69(83)45-39-33-21-15-9-3)65-99-103(91,92)97-59-55-79-73(85)51-52-74(86)80-56-60-98-104(93,94)100-66-68(64-96-58-54-70(84)46-40-34-22-16-10-4)82-76(88)62-72(48-42-36-24-18-12-6)102-78(90)50-44-38-32-30-28-26-20-14-8-2;;/h29-32,67-72,83-84H,7-28,33-66H2,1-6H3,(H,79,85)(H,80,86)(H,81,87)(H,82,88)(H,91,92)(H,93,94);;/q;2*+1/p-2/b31-29-,32-30-;;/t67?,68?,69?,70?,71-,72-;;/m1../s1. The molecule has 0 fully saturated rings. The van der Waals surface area contributed by atoms with E-state index >= 15 is 0 Å². The molecule has 0 aliphatic heterocycles. The molecule has 8 atom stereocenters. The van der Waals surface area contributed by atoms with Crippen molar-refractivity contribution in [3.63, 3.8) is 0 Å². The van der Waals surface area contributed by atoms with Crippen molar-refractivity contribution >= 4 is 51.2 Å². The van der Waals surface area contributed by atoms with Gasteiger partial charge in [0.1, 0.15) is 12.2 Å². The molecule has 4 amide bonds. The first-order chi connectivity index (χ1) is 50.2. The number of rotatable bonds is 77. The van der Waals surface area contributed by atoms with E-state index in [1.807, 2.05) is 0 Å². The number of hydrogen-bond acceptors (Lipinski definition) is 20. The molecule has 610 valence electrons. The summed E-state index contributed by atoms with van der Waals surface area (Å²) in [5, 5.41) is 31.6. The second-order valence-corrected chi connectivity index (χ2v) is 30.6. The molecule has 0 rings (SSSR count). The first kappa shape index (κ1) is 109. The summed E-state index contributed by atoms with van der Waals surface area (Å²) in [5.41, 5.74) is 0. The van der Waals surface area contributed by atoms with Crippen LogP contribution in [0.15, 0.2) is 24.3 Å². The molecule has 0 spiro atoms. The van der Waals surface area contributed by atoms with Crippen LogP contribution in [0, 0.1) is 0 Å². The predicted molar refractivity (Wildman–Crippen MR) is 407 cm³/mol. The molecule has 0 bridgehead atoms. The normalized spacial score (nSPS) is 14.4. The average Bonchev–Trinajstić information content (AvgIpc) is 1.10. The molecule has 0 aromatic carbocycles. The zero-order chi connectivity index (χ0) is 76.8. The number of amides is 4. The molecule has 0 aliphatic rings. The molecular weight excluding hydrogens is 1420 g/mol. The van der Waals surface area contributed by atoms with E-state index < -0.39 is 102 Å². The second-order valence-electron chi connectivity index (χ2n) is 27.8. The molecule has 6 N–H and O–H groups in total. The molecule has 28 heteroatoms. The monoisotopic (exact) mass is 1570 g/mol. The van der Waals surface area contributed by atoms with Crippen molar-refractivity contribution in [1.29, 1.82) is 0 Å². The Morgan fingerprint density at radius 1 is 0.358 bits per heavy atom. The first-order valence-corrected chi connectivity index (χ1v) is 43.7. The Morgan fingerprint density at radius 3 is 0.991 bits per heavy atom. The molecule has 0 aliphatic carbocycles. The van der Waals surface area contributed by atoms with Crippen molar-refractivity contribution in [3.05, 3.63) is 24.3 Å². The van der Waals surface area contributed by atoms with Crippen LogP contribution in [0.2, 0.25) is 0 Å². The number of phosphoric ester groups is 2. The summed E-state index contributed by atoms with van der Waals surface area (Å²) < 4.78 is 69.8. The number of aliphatic hydroxyl groups excluding tert-OH is 2. The topological polar surface area (TPSA) is 345 Å². The number of unbranched alkanes of at least 4 members (excludes halogenated alkanes) is 26. The average molecular weight is 1570 g/mol. The maximum absolute atomic E-state index is 13.6. The molecule has 24 nitrogen and oxygen atoms in total. The van der Waals surface area contributed by atoms with Gasteiger partial charge < -0.3 is 78.3 Å².